The van der Waals surface area contributed by atoms with Crippen molar-refractivity contribution in [3.05, 3.63) is 54.4 Å². The second-order valence-electron chi connectivity index (χ2n) is 7.97. The number of unbranched alkanes of at least 4 members (excludes halogenated alkanes) is 3. The number of nitrogens with one attached hydrogen (secondary N) is 1. The Hall–Kier alpha value is -3.06. The summed E-state index contributed by atoms with van der Waals surface area (Å²) in [5.41, 5.74) is 2.23. The van der Waals surface area contributed by atoms with Gasteiger partial charge in [0.2, 0.25) is 5.91 Å². The number of para-hydroxylation sites is 4. The maximum atomic E-state index is 11.4. The molecule has 0 atom stereocenters. The highest BCUT2D eigenvalue weighted by molar-refractivity contribution is 5.77. The van der Waals surface area contributed by atoms with E-state index in [1.807, 2.05) is 30.3 Å². The Bertz CT molecular complexity index is 1000. The number of carbonyl (C=O) groups excluding carboxylic acids is 1. The number of nitrogens with zero attached hydrogens (tertiary/aromatic N) is 2. The summed E-state index contributed by atoms with van der Waals surface area (Å²) < 4.78 is 18.4. The number of imidazole rings is 1. The first-order valence-electron chi connectivity index (χ1n) is 11.7. The van der Waals surface area contributed by atoms with Crippen molar-refractivity contribution in [3.8, 4) is 11.5 Å². The van der Waals surface area contributed by atoms with E-state index in [-0.39, 0.29) is 12.5 Å². The van der Waals surface area contributed by atoms with Gasteiger partial charge in [0, 0.05) is 26.6 Å². The molecule has 7 nitrogen and oxygen atoms in total. The molecule has 33 heavy (non-hydrogen) atoms. The number of aryl methyl sites for hydroxylation is 2. The highest BCUT2D eigenvalue weighted by atomic mass is 16.5. The van der Waals surface area contributed by atoms with Gasteiger partial charge >= 0.3 is 0 Å². The zero-order valence-corrected chi connectivity index (χ0v) is 19.7. The summed E-state index contributed by atoms with van der Waals surface area (Å²) >= 11 is 0. The topological polar surface area (TPSA) is 74.6 Å². The fourth-order valence-corrected chi connectivity index (χ4v) is 3.85. The van der Waals surface area contributed by atoms with Gasteiger partial charge < -0.3 is 24.1 Å². The molecule has 1 aromatic heterocycles. The molecule has 1 amide bonds. The summed E-state index contributed by atoms with van der Waals surface area (Å²) in [6, 6.07) is 16.1. The van der Waals surface area contributed by atoms with Gasteiger partial charge in [-0.25, -0.2) is 4.98 Å². The van der Waals surface area contributed by atoms with Crippen LogP contribution in [0.5, 0.6) is 11.5 Å². The van der Waals surface area contributed by atoms with Crippen LogP contribution in [0, 0.1) is 0 Å². The van der Waals surface area contributed by atoms with Crippen molar-refractivity contribution in [2.75, 3.05) is 34.0 Å². The molecule has 0 bridgehead atoms. The predicted molar refractivity (Wildman–Crippen MR) is 130 cm³/mol. The number of hydrogen-bond donors (Lipinski definition) is 1. The number of benzene rings is 2. The molecular formula is C26H35N3O4. The SMILES string of the molecule is COCC(=O)NCCCCCc1nc2ccccc2n1CCCCOc1ccccc1OC. The highest BCUT2D eigenvalue weighted by Crippen LogP contribution is 2.26. The van der Waals surface area contributed by atoms with Crippen molar-refractivity contribution in [3.63, 3.8) is 0 Å². The maximum Gasteiger partial charge on any atom is 0.245 e. The van der Waals surface area contributed by atoms with Crippen LogP contribution in [0.2, 0.25) is 0 Å². The first-order chi connectivity index (χ1) is 16.2. The summed E-state index contributed by atoms with van der Waals surface area (Å²) in [5.74, 6) is 2.62. The Morgan fingerprint density at radius 3 is 2.55 bits per heavy atom. The Morgan fingerprint density at radius 1 is 0.939 bits per heavy atom. The largest absolute Gasteiger partial charge is 0.493 e. The normalized spacial score (nSPS) is 11.0. The molecule has 0 unspecified atom stereocenters. The first-order valence-corrected chi connectivity index (χ1v) is 11.7. The maximum absolute atomic E-state index is 11.4. The molecule has 0 radical (unpaired) electrons. The van der Waals surface area contributed by atoms with Crippen LogP contribution in [0.25, 0.3) is 11.0 Å². The van der Waals surface area contributed by atoms with Crippen molar-refractivity contribution in [1.82, 2.24) is 14.9 Å². The van der Waals surface area contributed by atoms with Crippen LogP contribution in [0.1, 0.15) is 37.9 Å². The van der Waals surface area contributed by atoms with E-state index in [9.17, 15) is 4.79 Å². The van der Waals surface area contributed by atoms with E-state index in [1.54, 1.807) is 7.11 Å². The molecule has 1 heterocycles. The molecule has 0 aliphatic rings. The Labute approximate surface area is 196 Å². The number of carbonyl (C=O) groups is 1. The zero-order valence-electron chi connectivity index (χ0n) is 19.7. The monoisotopic (exact) mass is 453 g/mol. The molecule has 3 aromatic rings. The molecular weight excluding hydrogens is 418 g/mol. The third-order valence-electron chi connectivity index (χ3n) is 5.51. The van der Waals surface area contributed by atoms with Gasteiger partial charge in [0.25, 0.3) is 0 Å². The Balaban J connectivity index is 1.46. The van der Waals surface area contributed by atoms with Gasteiger partial charge in [0.05, 0.1) is 24.8 Å². The van der Waals surface area contributed by atoms with Gasteiger partial charge in [-0.3, -0.25) is 4.79 Å². The standard InChI is InChI=1S/C26H35N3O4/c1-31-20-26(30)27-17-9-3-4-16-25-28-21-12-5-6-13-22(21)29(25)18-10-11-19-33-24-15-8-7-14-23(24)32-2/h5-8,12-15H,3-4,9-11,16-20H2,1-2H3,(H,27,30). The summed E-state index contributed by atoms with van der Waals surface area (Å²) in [6.07, 6.45) is 5.93. The number of rotatable bonds is 15. The molecule has 0 spiro atoms. The van der Waals surface area contributed by atoms with Crippen molar-refractivity contribution < 1.29 is 19.0 Å². The molecule has 2 aromatic carbocycles. The number of hydrogen-bond acceptors (Lipinski definition) is 5. The molecule has 3 rings (SSSR count). The van der Waals surface area contributed by atoms with Gasteiger partial charge in [-0.05, 0) is 49.9 Å². The van der Waals surface area contributed by atoms with Crippen LogP contribution in [0.15, 0.2) is 48.5 Å². The fraction of sp³-hybridized carbons (Fsp3) is 0.462. The van der Waals surface area contributed by atoms with E-state index in [2.05, 4.69) is 28.1 Å². The number of aromatic nitrogens is 2. The van der Waals surface area contributed by atoms with Crippen LogP contribution in [0.4, 0.5) is 0 Å². The van der Waals surface area contributed by atoms with Gasteiger partial charge in [-0.2, -0.15) is 0 Å². The quantitative estimate of drug-likeness (QED) is 0.346. The van der Waals surface area contributed by atoms with Gasteiger partial charge in [-0.15, -0.1) is 0 Å². The number of methoxy groups -OCH3 is 2. The van der Waals surface area contributed by atoms with Gasteiger partial charge in [0.1, 0.15) is 12.4 Å². The Kier molecular flexibility index (Phi) is 10.0. The lowest BCUT2D eigenvalue weighted by Gasteiger charge is -2.12. The third kappa shape index (κ3) is 7.49. The number of ether oxygens (including phenoxy) is 3. The minimum absolute atomic E-state index is 0.0611. The lowest BCUT2D eigenvalue weighted by atomic mass is 10.2. The van der Waals surface area contributed by atoms with Crippen LogP contribution in [-0.2, 0) is 22.5 Å². The molecule has 1 N–H and O–H groups in total. The summed E-state index contributed by atoms with van der Waals surface area (Å²) in [5, 5.41) is 2.87. The van der Waals surface area contributed by atoms with Crippen LogP contribution < -0.4 is 14.8 Å². The molecule has 0 saturated carbocycles. The summed E-state index contributed by atoms with van der Waals surface area (Å²) in [4.78, 5) is 16.3. The van der Waals surface area contributed by atoms with Crippen molar-refractivity contribution in [1.29, 1.82) is 0 Å². The first kappa shape index (κ1) is 24.6. The van der Waals surface area contributed by atoms with Crippen LogP contribution >= 0.6 is 0 Å². The second-order valence-corrected chi connectivity index (χ2v) is 7.97. The van der Waals surface area contributed by atoms with Crippen molar-refractivity contribution in [2.45, 2.75) is 45.1 Å². The number of amides is 1. The van der Waals surface area contributed by atoms with Crippen molar-refractivity contribution >= 4 is 16.9 Å². The smallest absolute Gasteiger partial charge is 0.245 e. The molecule has 0 saturated heterocycles. The summed E-state index contributed by atoms with van der Waals surface area (Å²) in [7, 11) is 3.18. The van der Waals surface area contributed by atoms with E-state index in [0.29, 0.717) is 13.2 Å². The van der Waals surface area contributed by atoms with Crippen LogP contribution in [-0.4, -0.2) is 49.4 Å². The molecule has 0 aliphatic heterocycles. The van der Waals surface area contributed by atoms with Crippen molar-refractivity contribution in [2.24, 2.45) is 0 Å². The molecule has 0 fully saturated rings. The van der Waals surface area contributed by atoms with Crippen LogP contribution in [0.3, 0.4) is 0 Å². The van der Waals surface area contributed by atoms with E-state index in [4.69, 9.17) is 19.2 Å². The van der Waals surface area contributed by atoms with E-state index in [1.165, 1.54) is 12.6 Å². The lowest BCUT2D eigenvalue weighted by molar-refractivity contribution is -0.124. The van der Waals surface area contributed by atoms with Gasteiger partial charge in [0.15, 0.2) is 11.5 Å². The molecule has 178 valence electrons. The predicted octanol–water partition coefficient (Wildman–Crippen LogP) is 4.38. The minimum Gasteiger partial charge on any atom is -0.493 e. The fourth-order valence-electron chi connectivity index (χ4n) is 3.85. The highest BCUT2D eigenvalue weighted by Gasteiger charge is 2.10. The van der Waals surface area contributed by atoms with E-state index >= 15 is 0 Å². The molecule has 7 heteroatoms. The number of fused-ring (bicyclic) bond motifs is 1. The summed E-state index contributed by atoms with van der Waals surface area (Å²) in [6.45, 7) is 2.37. The third-order valence-corrected chi connectivity index (χ3v) is 5.51. The molecule has 0 aliphatic carbocycles. The average molecular weight is 454 g/mol. The Morgan fingerprint density at radius 2 is 1.73 bits per heavy atom. The zero-order chi connectivity index (χ0) is 23.3. The van der Waals surface area contributed by atoms with E-state index in [0.717, 1.165) is 67.9 Å². The van der Waals surface area contributed by atoms with Gasteiger partial charge in [-0.1, -0.05) is 30.7 Å². The lowest BCUT2D eigenvalue weighted by Crippen LogP contribution is -2.27. The average Bonchev–Trinajstić information content (AvgIpc) is 3.19. The second kappa shape index (κ2) is 13.5. The van der Waals surface area contributed by atoms with E-state index < -0.39 is 0 Å². The minimum atomic E-state index is -0.0611.